The molecule has 2 amide bonds. The van der Waals surface area contributed by atoms with Gasteiger partial charge in [0.1, 0.15) is 13.2 Å². The van der Waals surface area contributed by atoms with Crippen LogP contribution in [0.15, 0.2) is 42.7 Å². The van der Waals surface area contributed by atoms with E-state index in [0.717, 1.165) is 30.0 Å². The lowest BCUT2D eigenvalue weighted by Crippen LogP contribution is -2.39. The number of carbonyl (C=O) groups excluding carboxylic acids is 1. The Kier molecular flexibility index (Phi) is 5.48. The van der Waals surface area contributed by atoms with Crippen molar-refractivity contribution in [3.8, 4) is 11.5 Å². The van der Waals surface area contributed by atoms with Crippen LogP contribution in [-0.4, -0.2) is 42.3 Å². The third-order valence-electron chi connectivity index (χ3n) is 4.49. The Morgan fingerprint density at radius 2 is 1.96 bits per heavy atom. The topological polar surface area (TPSA) is 55.7 Å². The Labute approximate surface area is 148 Å². The van der Waals surface area contributed by atoms with E-state index in [1.165, 1.54) is 0 Å². The number of benzene rings is 1. The third-order valence-corrected chi connectivity index (χ3v) is 4.49. The van der Waals surface area contributed by atoms with Crippen molar-refractivity contribution >= 4 is 6.03 Å². The highest BCUT2D eigenvalue weighted by molar-refractivity contribution is 5.74. The van der Waals surface area contributed by atoms with Crippen molar-refractivity contribution in [1.82, 2.24) is 14.8 Å². The van der Waals surface area contributed by atoms with Gasteiger partial charge in [-0.3, -0.25) is 0 Å². The fourth-order valence-electron chi connectivity index (χ4n) is 2.82. The highest BCUT2D eigenvalue weighted by atomic mass is 16.6. The first kappa shape index (κ1) is 17.2. The van der Waals surface area contributed by atoms with Crippen LogP contribution in [0.5, 0.6) is 11.5 Å². The Balaban J connectivity index is 1.50. The number of nitrogens with zero attached hydrogens (tertiary/aromatic N) is 2. The van der Waals surface area contributed by atoms with Crippen LogP contribution in [0.25, 0.3) is 0 Å². The average molecular weight is 343 g/mol. The molecule has 0 saturated heterocycles. The zero-order valence-electron chi connectivity index (χ0n) is 14.8. The van der Waals surface area contributed by atoms with E-state index < -0.39 is 0 Å². The predicted octanol–water partition coefficient (Wildman–Crippen LogP) is 3.05. The molecule has 1 aliphatic heterocycles. The van der Waals surface area contributed by atoms with E-state index in [4.69, 9.17) is 9.47 Å². The van der Waals surface area contributed by atoms with E-state index >= 15 is 0 Å². The molecule has 25 heavy (non-hydrogen) atoms. The maximum Gasteiger partial charge on any atom is 0.317 e. The van der Waals surface area contributed by atoms with Gasteiger partial charge in [-0.15, -0.1) is 0 Å². The van der Waals surface area contributed by atoms with Gasteiger partial charge in [0, 0.05) is 32.5 Å². The molecular weight excluding hydrogens is 318 g/mol. The quantitative estimate of drug-likeness (QED) is 0.820. The normalized spacial score (nSPS) is 14.0. The van der Waals surface area contributed by atoms with Gasteiger partial charge in [0.15, 0.2) is 11.5 Å². The summed E-state index contributed by atoms with van der Waals surface area (Å²) in [6, 6.07) is 9.71. The number of hydrogen-bond donors (Lipinski definition) is 1. The molecule has 0 saturated carbocycles. The van der Waals surface area contributed by atoms with Gasteiger partial charge in [-0.05, 0) is 43.2 Å². The third kappa shape index (κ3) is 4.26. The molecule has 1 atom stereocenters. The minimum Gasteiger partial charge on any atom is -0.486 e. The summed E-state index contributed by atoms with van der Waals surface area (Å²) in [6.07, 6.45) is 4.95. The molecule has 6 heteroatoms. The summed E-state index contributed by atoms with van der Waals surface area (Å²) in [4.78, 5) is 14.1. The summed E-state index contributed by atoms with van der Waals surface area (Å²) < 4.78 is 13.3. The number of nitrogens with one attached hydrogen (secondary N) is 1. The average Bonchev–Trinajstić information content (AvgIpc) is 3.17. The van der Waals surface area contributed by atoms with Crippen LogP contribution < -0.4 is 14.8 Å². The van der Waals surface area contributed by atoms with E-state index in [0.29, 0.717) is 19.8 Å². The minimum absolute atomic E-state index is 0.0553. The second-order valence-electron chi connectivity index (χ2n) is 6.20. The first-order chi connectivity index (χ1) is 12.1. The summed E-state index contributed by atoms with van der Waals surface area (Å²) in [6.45, 7) is 4.69. The van der Waals surface area contributed by atoms with Gasteiger partial charge in [-0.25, -0.2) is 4.79 Å². The number of amides is 2. The molecule has 2 heterocycles. The van der Waals surface area contributed by atoms with Crippen LogP contribution in [0.2, 0.25) is 0 Å². The Morgan fingerprint density at radius 3 is 2.72 bits per heavy atom. The Bertz CT molecular complexity index is 700. The molecule has 2 aromatic rings. The Morgan fingerprint density at radius 1 is 1.24 bits per heavy atom. The molecule has 3 rings (SSSR count). The van der Waals surface area contributed by atoms with Crippen molar-refractivity contribution in [1.29, 1.82) is 0 Å². The summed E-state index contributed by atoms with van der Waals surface area (Å²) in [5, 5.41) is 2.98. The van der Waals surface area contributed by atoms with Crippen LogP contribution in [0.4, 0.5) is 4.79 Å². The minimum atomic E-state index is -0.0742. The van der Waals surface area contributed by atoms with Crippen LogP contribution in [0.1, 0.15) is 24.9 Å². The molecule has 134 valence electrons. The van der Waals surface area contributed by atoms with Gasteiger partial charge in [0.25, 0.3) is 0 Å². The highest BCUT2D eigenvalue weighted by Gasteiger charge is 2.20. The van der Waals surface area contributed by atoms with Crippen LogP contribution in [-0.2, 0) is 6.54 Å². The fourth-order valence-corrected chi connectivity index (χ4v) is 2.82. The first-order valence-electron chi connectivity index (χ1n) is 8.66. The van der Waals surface area contributed by atoms with Gasteiger partial charge < -0.3 is 24.3 Å². The summed E-state index contributed by atoms with van der Waals surface area (Å²) >= 11 is 0. The van der Waals surface area contributed by atoms with Crippen molar-refractivity contribution in [2.75, 3.05) is 26.8 Å². The van der Waals surface area contributed by atoms with Crippen molar-refractivity contribution in [3.05, 3.63) is 48.3 Å². The van der Waals surface area contributed by atoms with Crippen LogP contribution >= 0.6 is 0 Å². The predicted molar refractivity (Wildman–Crippen MR) is 96.1 cm³/mol. The second-order valence-corrected chi connectivity index (χ2v) is 6.20. The Hall–Kier alpha value is -2.63. The molecule has 6 nitrogen and oxygen atoms in total. The van der Waals surface area contributed by atoms with Crippen LogP contribution in [0, 0.1) is 0 Å². The van der Waals surface area contributed by atoms with Gasteiger partial charge in [0.05, 0.1) is 6.04 Å². The molecule has 1 aromatic carbocycles. The maximum absolute atomic E-state index is 12.4. The van der Waals surface area contributed by atoms with E-state index in [1.807, 2.05) is 56.7 Å². The van der Waals surface area contributed by atoms with Crippen molar-refractivity contribution in [2.45, 2.75) is 25.9 Å². The number of aryl methyl sites for hydroxylation is 1. The van der Waals surface area contributed by atoms with Gasteiger partial charge >= 0.3 is 6.03 Å². The zero-order chi connectivity index (χ0) is 17.6. The lowest BCUT2D eigenvalue weighted by molar-refractivity contribution is 0.170. The van der Waals surface area contributed by atoms with E-state index in [1.54, 1.807) is 4.90 Å². The number of urea groups is 1. The fraction of sp³-hybridized carbons (Fsp3) is 0.421. The number of fused-ring (bicyclic) bond motifs is 1. The SMILES string of the molecule is CC(c1ccc2c(c1)OCCO2)N(C)C(=O)NCCCn1cccc1. The lowest BCUT2D eigenvalue weighted by Gasteiger charge is -2.27. The second kappa shape index (κ2) is 7.96. The van der Waals surface area contributed by atoms with Crippen molar-refractivity contribution in [3.63, 3.8) is 0 Å². The van der Waals surface area contributed by atoms with Gasteiger partial charge in [-0.2, -0.15) is 0 Å². The first-order valence-corrected chi connectivity index (χ1v) is 8.66. The molecule has 0 fully saturated rings. The van der Waals surface area contributed by atoms with E-state index in [2.05, 4.69) is 9.88 Å². The van der Waals surface area contributed by atoms with Crippen LogP contribution in [0.3, 0.4) is 0 Å². The highest BCUT2D eigenvalue weighted by Crippen LogP contribution is 2.33. The van der Waals surface area contributed by atoms with E-state index in [9.17, 15) is 4.79 Å². The number of rotatable bonds is 6. The molecule has 0 aliphatic carbocycles. The summed E-state index contributed by atoms with van der Waals surface area (Å²) in [7, 11) is 1.81. The monoisotopic (exact) mass is 343 g/mol. The smallest absolute Gasteiger partial charge is 0.317 e. The number of ether oxygens (including phenoxy) is 2. The summed E-state index contributed by atoms with van der Waals surface area (Å²) in [5.74, 6) is 1.51. The van der Waals surface area contributed by atoms with Gasteiger partial charge in [0.2, 0.25) is 0 Å². The molecule has 1 aliphatic rings. The maximum atomic E-state index is 12.4. The van der Waals surface area contributed by atoms with Crippen molar-refractivity contribution < 1.29 is 14.3 Å². The van der Waals surface area contributed by atoms with Crippen molar-refractivity contribution in [2.24, 2.45) is 0 Å². The number of hydrogen-bond acceptors (Lipinski definition) is 3. The molecule has 0 radical (unpaired) electrons. The van der Waals surface area contributed by atoms with Gasteiger partial charge in [-0.1, -0.05) is 6.07 Å². The standard InChI is InChI=1S/C19H25N3O3/c1-15(16-6-7-17-18(14-16)25-13-12-24-17)21(2)19(23)20-8-5-11-22-9-3-4-10-22/h3-4,6-7,9-10,14-15H,5,8,11-13H2,1-2H3,(H,20,23). The zero-order valence-corrected chi connectivity index (χ0v) is 14.8. The molecule has 0 bridgehead atoms. The number of carbonyl (C=O) groups is 1. The summed E-state index contributed by atoms with van der Waals surface area (Å²) in [5.41, 5.74) is 1.02. The molecule has 0 spiro atoms. The molecular formula is C19H25N3O3. The van der Waals surface area contributed by atoms with E-state index in [-0.39, 0.29) is 12.1 Å². The molecule has 1 N–H and O–H groups in total. The molecule has 1 aromatic heterocycles. The largest absolute Gasteiger partial charge is 0.486 e. The molecule has 1 unspecified atom stereocenters. The number of aromatic nitrogens is 1. The lowest BCUT2D eigenvalue weighted by atomic mass is 10.1.